The van der Waals surface area contributed by atoms with Gasteiger partial charge in [0, 0.05) is 34.3 Å². The van der Waals surface area contributed by atoms with Crippen LogP contribution in [0.3, 0.4) is 0 Å². The van der Waals surface area contributed by atoms with Crippen molar-refractivity contribution in [2.75, 3.05) is 0 Å². The summed E-state index contributed by atoms with van der Waals surface area (Å²) in [6, 6.07) is 32.1. The van der Waals surface area contributed by atoms with E-state index >= 15 is 0 Å². The summed E-state index contributed by atoms with van der Waals surface area (Å²) in [5.41, 5.74) is 8.50. The Morgan fingerprint density at radius 2 is 1.24 bits per heavy atom. The SMILES string of the molecule is CC1(C)c2cc(Cl)ccc2-[n+]2c(-c3ccccc3)cc(-c3ccccc3)cc21.[O-][Cl+3]([O-])([O-])[O-]. The molecule has 0 atom stereocenters. The molecule has 1 aliphatic rings. The summed E-state index contributed by atoms with van der Waals surface area (Å²) in [5, 5.41) is 0.782. The molecule has 0 aliphatic carbocycles. The van der Waals surface area contributed by atoms with Gasteiger partial charge in [0.25, 0.3) is 0 Å². The van der Waals surface area contributed by atoms with Crippen molar-refractivity contribution < 1.29 is 33.4 Å². The van der Waals surface area contributed by atoms with Crippen LogP contribution in [0.5, 0.6) is 0 Å². The molecule has 0 unspecified atom stereocenters. The fourth-order valence-corrected chi connectivity index (χ4v) is 4.45. The number of halogens is 2. The van der Waals surface area contributed by atoms with E-state index in [1.165, 1.54) is 39.3 Å². The first-order valence-corrected chi connectivity index (χ1v) is 11.8. The molecule has 5 nitrogen and oxygen atoms in total. The Bertz CT molecular complexity index is 1280. The standard InChI is InChI=1S/C26H21ClN.ClHO4/c1-26(2)22-17-21(27)13-14-23(22)28-24(19-11-7-4-8-12-19)15-20(16-25(26)28)18-9-5-3-6-10-18;2-1(3,4)5/h3-17H,1-2H3;(H,2,3,4,5)/q+1;/p-1. The van der Waals surface area contributed by atoms with Gasteiger partial charge in [0.05, 0.1) is 5.41 Å². The molecule has 0 fully saturated rings. The summed E-state index contributed by atoms with van der Waals surface area (Å²) in [7, 11) is -4.94. The average molecular weight is 482 g/mol. The molecule has 3 aromatic carbocycles. The summed E-state index contributed by atoms with van der Waals surface area (Å²) in [6.07, 6.45) is 0. The molecule has 4 aromatic rings. The highest BCUT2D eigenvalue weighted by Gasteiger charge is 2.45. The Hall–Kier alpha value is -2.77. The van der Waals surface area contributed by atoms with Crippen LogP contribution < -0.4 is 23.2 Å². The normalized spacial score (nSPS) is 13.5. The first kappa shape index (κ1) is 23.4. The van der Waals surface area contributed by atoms with Gasteiger partial charge >= 0.3 is 0 Å². The fourth-order valence-electron chi connectivity index (χ4n) is 4.28. The van der Waals surface area contributed by atoms with Gasteiger partial charge in [0.1, 0.15) is 0 Å². The zero-order chi connectivity index (χ0) is 23.8. The predicted octanol–water partition coefficient (Wildman–Crippen LogP) is 1.83. The lowest BCUT2D eigenvalue weighted by atomic mass is 9.82. The van der Waals surface area contributed by atoms with E-state index in [1.54, 1.807) is 0 Å². The monoisotopic (exact) mass is 481 g/mol. The van der Waals surface area contributed by atoms with Gasteiger partial charge in [-0.3, -0.25) is 0 Å². The molecule has 2 heterocycles. The van der Waals surface area contributed by atoms with E-state index in [9.17, 15) is 0 Å². The molecule has 0 radical (unpaired) electrons. The minimum atomic E-state index is -4.94. The third-order valence-corrected chi connectivity index (χ3v) is 5.99. The summed E-state index contributed by atoms with van der Waals surface area (Å²) in [4.78, 5) is 0. The number of benzene rings is 3. The number of hydrogen-bond donors (Lipinski definition) is 0. The van der Waals surface area contributed by atoms with Crippen LogP contribution in [-0.4, -0.2) is 0 Å². The molecule has 0 saturated heterocycles. The van der Waals surface area contributed by atoms with Crippen LogP contribution >= 0.6 is 11.6 Å². The lowest BCUT2D eigenvalue weighted by Crippen LogP contribution is -2.68. The van der Waals surface area contributed by atoms with Crippen LogP contribution in [0, 0.1) is 10.2 Å². The van der Waals surface area contributed by atoms with Crippen molar-refractivity contribution in [3.05, 3.63) is 107 Å². The van der Waals surface area contributed by atoms with Crippen molar-refractivity contribution in [3.8, 4) is 28.1 Å². The van der Waals surface area contributed by atoms with Gasteiger partial charge in [-0.25, -0.2) is 18.6 Å². The Morgan fingerprint density at radius 3 is 1.82 bits per heavy atom. The van der Waals surface area contributed by atoms with Crippen LogP contribution in [-0.2, 0) is 5.41 Å². The van der Waals surface area contributed by atoms with Crippen molar-refractivity contribution in [1.29, 1.82) is 0 Å². The molecule has 33 heavy (non-hydrogen) atoms. The molecule has 0 bridgehead atoms. The van der Waals surface area contributed by atoms with E-state index in [1.807, 2.05) is 6.07 Å². The van der Waals surface area contributed by atoms with Gasteiger partial charge in [-0.1, -0.05) is 60.1 Å². The van der Waals surface area contributed by atoms with E-state index in [0.29, 0.717) is 0 Å². The second kappa shape index (κ2) is 8.88. The highest BCUT2D eigenvalue weighted by atomic mass is 35.7. The van der Waals surface area contributed by atoms with Crippen LogP contribution in [0.2, 0.25) is 5.02 Å². The smallest absolute Gasteiger partial charge is 0.219 e. The van der Waals surface area contributed by atoms with Crippen LogP contribution in [0.1, 0.15) is 25.1 Å². The molecule has 0 saturated carbocycles. The molecule has 1 aliphatic heterocycles. The fraction of sp³-hybridized carbons (Fsp3) is 0.115. The van der Waals surface area contributed by atoms with Crippen molar-refractivity contribution in [2.45, 2.75) is 19.3 Å². The summed E-state index contributed by atoms with van der Waals surface area (Å²) >= 11 is 6.37. The van der Waals surface area contributed by atoms with Gasteiger partial charge in [0.15, 0.2) is 5.69 Å². The predicted molar refractivity (Wildman–Crippen MR) is 116 cm³/mol. The third kappa shape index (κ3) is 4.94. The van der Waals surface area contributed by atoms with Crippen molar-refractivity contribution >= 4 is 11.6 Å². The second-order valence-electron chi connectivity index (χ2n) is 8.25. The molecule has 7 heteroatoms. The van der Waals surface area contributed by atoms with E-state index in [2.05, 4.69) is 103 Å². The number of pyridine rings is 1. The Balaban J connectivity index is 0.000000471. The number of rotatable bonds is 2. The Labute approximate surface area is 199 Å². The molecule has 5 rings (SSSR count). The second-order valence-corrected chi connectivity index (χ2v) is 9.44. The maximum absolute atomic E-state index is 8.49. The highest BCUT2D eigenvalue weighted by molar-refractivity contribution is 6.30. The number of nitrogens with zero attached hydrogens (tertiary/aromatic N) is 1. The maximum Gasteiger partial charge on any atom is 0.219 e. The van der Waals surface area contributed by atoms with E-state index < -0.39 is 10.2 Å². The third-order valence-electron chi connectivity index (χ3n) is 5.76. The zero-order valence-electron chi connectivity index (χ0n) is 18.0. The molecule has 0 N–H and O–H groups in total. The van der Waals surface area contributed by atoms with Crippen LogP contribution in [0.4, 0.5) is 0 Å². The zero-order valence-corrected chi connectivity index (χ0v) is 19.5. The lowest BCUT2D eigenvalue weighted by molar-refractivity contribution is -2.00. The maximum atomic E-state index is 8.49. The van der Waals surface area contributed by atoms with Crippen molar-refractivity contribution in [1.82, 2.24) is 0 Å². The molecule has 168 valence electrons. The van der Waals surface area contributed by atoms with Gasteiger partial charge in [-0.2, -0.15) is 4.57 Å². The number of fused-ring (bicyclic) bond motifs is 3. The Kier molecular flexibility index (Phi) is 6.29. The number of aromatic nitrogens is 1. The summed E-state index contributed by atoms with van der Waals surface area (Å²) < 4.78 is 36.4. The molecular formula is C26H21Cl2NO4. The van der Waals surface area contributed by atoms with Crippen molar-refractivity contribution in [3.63, 3.8) is 0 Å². The Morgan fingerprint density at radius 1 is 0.697 bits per heavy atom. The van der Waals surface area contributed by atoms with Crippen LogP contribution in [0.25, 0.3) is 28.1 Å². The van der Waals surface area contributed by atoms with Gasteiger partial charge < -0.3 is 0 Å². The largest absolute Gasteiger partial charge is 0.222 e. The average Bonchev–Trinajstić information content (AvgIpc) is 3.00. The van der Waals surface area contributed by atoms with Gasteiger partial charge in [-0.05, 0) is 49.2 Å². The van der Waals surface area contributed by atoms with E-state index in [-0.39, 0.29) is 5.41 Å². The van der Waals surface area contributed by atoms with Gasteiger partial charge in [0.2, 0.25) is 11.4 Å². The quantitative estimate of drug-likeness (QED) is 0.408. The molecule has 0 spiro atoms. The van der Waals surface area contributed by atoms with E-state index in [4.69, 9.17) is 30.2 Å². The molecule has 1 aromatic heterocycles. The van der Waals surface area contributed by atoms with E-state index in [0.717, 1.165) is 5.02 Å². The van der Waals surface area contributed by atoms with Crippen LogP contribution in [0.15, 0.2) is 91.0 Å². The van der Waals surface area contributed by atoms with Gasteiger partial charge in [-0.15, -0.1) is 10.2 Å². The minimum absolute atomic E-state index is 0.130. The lowest BCUT2D eigenvalue weighted by Gasteiger charge is -2.17. The topological polar surface area (TPSA) is 96.1 Å². The first-order valence-electron chi connectivity index (χ1n) is 10.2. The van der Waals surface area contributed by atoms with Crippen molar-refractivity contribution in [2.24, 2.45) is 0 Å². The number of hydrogen-bond acceptors (Lipinski definition) is 4. The highest BCUT2D eigenvalue weighted by Crippen LogP contribution is 2.42. The summed E-state index contributed by atoms with van der Waals surface area (Å²) in [5.74, 6) is 0. The molecular weight excluding hydrogens is 461 g/mol. The minimum Gasteiger partial charge on any atom is -0.222 e. The first-order chi connectivity index (χ1) is 15.6. The summed E-state index contributed by atoms with van der Waals surface area (Å²) in [6.45, 7) is 4.56. The molecule has 0 amide bonds.